The minimum absolute atomic E-state index is 0. The summed E-state index contributed by atoms with van der Waals surface area (Å²) in [7, 11) is -11.7. The monoisotopic (exact) mass is 495 g/mol. The topological polar surface area (TPSA) is 109 Å². The second-order valence-corrected chi connectivity index (χ2v) is 4.67. The first-order valence-corrected chi connectivity index (χ1v) is 5.45. The van der Waals surface area contributed by atoms with E-state index in [4.69, 9.17) is 25.9 Å². The summed E-state index contributed by atoms with van der Waals surface area (Å²) in [5, 5.41) is 0. The molecule has 2 N–H and O–H groups in total. The quantitative estimate of drug-likeness (QED) is 0.292. The van der Waals surface area contributed by atoms with E-state index in [9.17, 15) is 26.3 Å². The predicted molar refractivity (Wildman–Crippen MR) is 35.2 cm³/mol. The van der Waals surface area contributed by atoms with Crippen molar-refractivity contribution < 1.29 is 73.3 Å². The van der Waals surface area contributed by atoms with Crippen LogP contribution in [0.4, 0.5) is 26.3 Å². The van der Waals surface area contributed by atoms with Crippen LogP contribution in [0.5, 0.6) is 0 Å². The molecule has 0 amide bonds. The van der Waals surface area contributed by atoms with Crippen LogP contribution in [0.2, 0.25) is 0 Å². The van der Waals surface area contributed by atoms with Gasteiger partial charge in [-0.1, -0.05) is 0 Å². The molecule has 0 saturated carbocycles. The van der Waals surface area contributed by atoms with Crippen LogP contribution in [0, 0.1) is 0 Å². The fourth-order valence-electron chi connectivity index (χ4n) is 0. The van der Waals surface area contributed by atoms with Crippen LogP contribution in [-0.2, 0) is 41.3 Å². The summed E-state index contributed by atoms with van der Waals surface area (Å²) in [6, 6.07) is 0. The first-order chi connectivity index (χ1) is 6.50. The minimum atomic E-state index is -5.84. The zero-order chi connectivity index (χ0) is 14.0. The van der Waals surface area contributed by atoms with Gasteiger partial charge in [0.2, 0.25) is 0 Å². The van der Waals surface area contributed by atoms with Crippen molar-refractivity contribution in [3.8, 4) is 0 Å². The van der Waals surface area contributed by atoms with Crippen LogP contribution in [0.15, 0.2) is 0 Å². The van der Waals surface area contributed by atoms with E-state index in [1.54, 1.807) is 0 Å². The molecule has 0 atom stereocenters. The molecule has 0 unspecified atom stereocenters. The SMILES string of the molecule is O=S(=O)(O)C(F)(F)F.O=S(=O)(O)C(F)(F)F.[Pt]. The Bertz CT molecular complexity index is 374. The van der Waals surface area contributed by atoms with E-state index in [1.807, 2.05) is 0 Å². The van der Waals surface area contributed by atoms with Crippen molar-refractivity contribution >= 4 is 20.2 Å². The Morgan fingerprint density at radius 1 is 0.647 bits per heavy atom. The van der Waals surface area contributed by atoms with Gasteiger partial charge in [-0.15, -0.1) is 0 Å². The molecule has 0 spiro atoms. The van der Waals surface area contributed by atoms with E-state index in [2.05, 4.69) is 0 Å². The first kappa shape index (κ1) is 22.3. The Morgan fingerprint density at radius 2 is 0.706 bits per heavy atom. The van der Waals surface area contributed by atoms with E-state index in [0.29, 0.717) is 0 Å². The third-order valence-electron chi connectivity index (χ3n) is 0.585. The van der Waals surface area contributed by atoms with Crippen LogP contribution in [-0.4, -0.2) is 37.0 Å². The molecule has 0 heterocycles. The standard InChI is InChI=1S/2CHF3O3S.Pt/c2*2-1(3,4)8(5,6)7;/h2*(H,5,6,7);. The van der Waals surface area contributed by atoms with E-state index < -0.39 is 31.3 Å². The smallest absolute Gasteiger partial charge is 0.279 e. The largest absolute Gasteiger partial charge is 0.522 e. The molecule has 0 aliphatic carbocycles. The molecule has 0 saturated heterocycles. The molecule has 0 aliphatic rings. The van der Waals surface area contributed by atoms with Crippen LogP contribution in [0.3, 0.4) is 0 Å². The summed E-state index contributed by atoms with van der Waals surface area (Å²) >= 11 is 0. The van der Waals surface area contributed by atoms with Crippen molar-refractivity contribution in [2.45, 2.75) is 11.0 Å². The van der Waals surface area contributed by atoms with Crippen LogP contribution in [0.1, 0.15) is 0 Å². The molecule has 0 aromatic carbocycles. The summed E-state index contributed by atoms with van der Waals surface area (Å²) in [6.07, 6.45) is 0. The third-order valence-corrected chi connectivity index (χ3v) is 1.75. The number of halogens is 6. The molecule has 15 heteroatoms. The third kappa shape index (κ3) is 9.76. The Balaban J connectivity index is -0.000000218. The maximum absolute atomic E-state index is 10.7. The van der Waals surface area contributed by atoms with Gasteiger partial charge in [0.1, 0.15) is 0 Å². The molecule has 6 nitrogen and oxygen atoms in total. The number of alkyl halides is 6. The normalized spacial score (nSPS) is 13.2. The average Bonchev–Trinajstić information content (AvgIpc) is 1.77. The second-order valence-electron chi connectivity index (χ2n) is 1.84. The van der Waals surface area contributed by atoms with Crippen LogP contribution in [0.25, 0.3) is 0 Å². The van der Waals surface area contributed by atoms with Gasteiger partial charge in [0, 0.05) is 21.1 Å². The summed E-state index contributed by atoms with van der Waals surface area (Å²) in [4.78, 5) is 0. The Morgan fingerprint density at radius 3 is 0.706 bits per heavy atom. The van der Waals surface area contributed by atoms with Crippen molar-refractivity contribution in [2.75, 3.05) is 0 Å². The molecule has 17 heavy (non-hydrogen) atoms. The molecule has 0 rings (SSSR count). The molecular formula is C2H2F6O6PtS2. The minimum Gasteiger partial charge on any atom is -0.279 e. The van der Waals surface area contributed by atoms with Crippen LogP contribution < -0.4 is 0 Å². The van der Waals surface area contributed by atoms with Crippen molar-refractivity contribution in [1.29, 1.82) is 0 Å². The average molecular weight is 495 g/mol. The molecule has 0 aliphatic heterocycles. The first-order valence-electron chi connectivity index (χ1n) is 2.57. The maximum atomic E-state index is 10.7. The molecule has 110 valence electrons. The maximum Gasteiger partial charge on any atom is 0.522 e. The molecular weight excluding hydrogens is 493 g/mol. The number of hydrogen-bond donors (Lipinski definition) is 2. The summed E-state index contributed by atoms with van der Waals surface area (Å²) in [5.41, 5.74) is -11.1. The van der Waals surface area contributed by atoms with Gasteiger partial charge in [0.05, 0.1) is 0 Å². The molecule has 0 fully saturated rings. The van der Waals surface area contributed by atoms with Gasteiger partial charge in [0.25, 0.3) is 0 Å². The van der Waals surface area contributed by atoms with Gasteiger partial charge in [-0.2, -0.15) is 43.2 Å². The van der Waals surface area contributed by atoms with Gasteiger partial charge in [-0.25, -0.2) is 0 Å². The van der Waals surface area contributed by atoms with Gasteiger partial charge in [-0.05, 0) is 0 Å². The Labute approximate surface area is 105 Å². The fraction of sp³-hybridized carbons (Fsp3) is 1.00. The number of hydrogen-bond acceptors (Lipinski definition) is 4. The van der Waals surface area contributed by atoms with Gasteiger partial charge < -0.3 is 0 Å². The van der Waals surface area contributed by atoms with Gasteiger partial charge in [-0.3, -0.25) is 9.11 Å². The Kier molecular flexibility index (Phi) is 8.27. The van der Waals surface area contributed by atoms with Gasteiger partial charge >= 0.3 is 31.3 Å². The zero-order valence-corrected chi connectivity index (χ0v) is 10.8. The van der Waals surface area contributed by atoms with Crippen molar-refractivity contribution in [2.24, 2.45) is 0 Å². The fourth-order valence-corrected chi connectivity index (χ4v) is 0. The van der Waals surface area contributed by atoms with E-state index >= 15 is 0 Å². The summed E-state index contributed by atoms with van der Waals surface area (Å²) in [6.45, 7) is 0. The van der Waals surface area contributed by atoms with Crippen molar-refractivity contribution in [1.82, 2.24) is 0 Å². The number of rotatable bonds is 0. The summed E-state index contributed by atoms with van der Waals surface area (Å²) in [5.74, 6) is 0. The van der Waals surface area contributed by atoms with E-state index in [0.717, 1.165) is 0 Å². The van der Waals surface area contributed by atoms with E-state index in [-0.39, 0.29) is 21.1 Å². The summed E-state index contributed by atoms with van der Waals surface area (Å²) < 4.78 is 115. The van der Waals surface area contributed by atoms with Crippen molar-refractivity contribution in [3.05, 3.63) is 0 Å². The van der Waals surface area contributed by atoms with Gasteiger partial charge in [0.15, 0.2) is 0 Å². The second kappa shape index (κ2) is 6.31. The zero-order valence-electron chi connectivity index (χ0n) is 6.93. The van der Waals surface area contributed by atoms with Crippen LogP contribution >= 0.6 is 0 Å². The van der Waals surface area contributed by atoms with Crippen molar-refractivity contribution in [3.63, 3.8) is 0 Å². The molecule has 0 radical (unpaired) electrons. The molecule has 0 aromatic rings. The van der Waals surface area contributed by atoms with E-state index in [1.165, 1.54) is 0 Å². The Hall–Kier alpha value is 0.0883. The molecule has 0 bridgehead atoms. The predicted octanol–water partition coefficient (Wildman–Crippen LogP) is 0.786. The molecule has 0 aromatic heterocycles.